The number of benzene rings is 4. The zero-order chi connectivity index (χ0) is 37.2. The number of nitrogens with zero attached hydrogens (tertiary/aromatic N) is 1. The summed E-state index contributed by atoms with van der Waals surface area (Å²) in [4.78, 5) is 90.0. The third-order valence-corrected chi connectivity index (χ3v) is 9.79. The van der Waals surface area contributed by atoms with Gasteiger partial charge in [0.25, 0.3) is 5.91 Å². The lowest BCUT2D eigenvalue weighted by Crippen LogP contribution is -2.32. The molecule has 7 rings (SSSR count). The van der Waals surface area contributed by atoms with Crippen molar-refractivity contribution < 1.29 is 43.0 Å². The van der Waals surface area contributed by atoms with Crippen LogP contribution in [0.4, 0.5) is 11.4 Å². The first-order chi connectivity index (χ1) is 25.5. The van der Waals surface area contributed by atoms with Gasteiger partial charge in [0, 0.05) is 27.9 Å². The summed E-state index contributed by atoms with van der Waals surface area (Å²) in [6, 6.07) is 25.0. The lowest BCUT2D eigenvalue weighted by atomic mass is 9.85. The Morgan fingerprint density at radius 2 is 1.17 bits per heavy atom. The molecule has 4 atom stereocenters. The number of hydrogen-bond donors (Lipinski definition) is 1. The van der Waals surface area contributed by atoms with E-state index in [4.69, 9.17) is 9.47 Å². The quantitative estimate of drug-likeness (QED) is 0.0726. The van der Waals surface area contributed by atoms with Crippen LogP contribution in [0.1, 0.15) is 61.2 Å². The number of amides is 3. The Kier molecular flexibility index (Phi) is 9.64. The van der Waals surface area contributed by atoms with E-state index < -0.39 is 18.0 Å². The minimum atomic E-state index is -0.445. The highest BCUT2D eigenvalue weighted by atomic mass is 16.5. The Balaban J connectivity index is 0.889. The predicted octanol–water partition coefficient (Wildman–Crippen LogP) is 5.94. The van der Waals surface area contributed by atoms with Crippen LogP contribution in [0, 0.1) is 23.7 Å². The fourth-order valence-electron chi connectivity index (χ4n) is 7.13. The monoisotopic (exact) mass is 710 g/mol. The van der Waals surface area contributed by atoms with Crippen LogP contribution in [0.5, 0.6) is 11.5 Å². The number of Topliss-reactive ketones (excluding diaryl/α,β-unsaturated/α-hetero) is 4. The Morgan fingerprint density at radius 3 is 1.77 bits per heavy atom. The van der Waals surface area contributed by atoms with E-state index in [1.807, 2.05) is 12.2 Å². The Bertz CT molecular complexity index is 2140. The number of fused-ring (bicyclic) bond motifs is 5. The molecule has 1 heterocycles. The summed E-state index contributed by atoms with van der Waals surface area (Å²) in [6.07, 6.45) is 4.56. The highest BCUT2D eigenvalue weighted by Gasteiger charge is 2.59. The number of nitrogens with one attached hydrogen (secondary N) is 1. The smallest absolute Gasteiger partial charge is 0.255 e. The van der Waals surface area contributed by atoms with E-state index in [0.717, 1.165) is 6.42 Å². The van der Waals surface area contributed by atoms with Crippen molar-refractivity contribution in [1.29, 1.82) is 0 Å². The molecule has 0 spiro atoms. The highest BCUT2D eigenvalue weighted by molar-refractivity contribution is 6.23. The maximum Gasteiger partial charge on any atom is 0.255 e. The van der Waals surface area contributed by atoms with E-state index in [0.29, 0.717) is 34.0 Å². The Hall–Kier alpha value is -6.49. The second-order valence-corrected chi connectivity index (χ2v) is 13.4. The summed E-state index contributed by atoms with van der Waals surface area (Å²) in [6.45, 7) is 1.02. The third-order valence-electron chi connectivity index (χ3n) is 9.79. The number of carbonyl (C=O) groups excluding carboxylic acids is 7. The van der Waals surface area contributed by atoms with Crippen molar-refractivity contribution in [1.82, 2.24) is 0 Å². The molecule has 11 nitrogen and oxygen atoms in total. The number of allylic oxidation sites excluding steroid dienone is 2. The average molecular weight is 711 g/mol. The first-order valence-electron chi connectivity index (χ1n) is 17.2. The zero-order valence-corrected chi connectivity index (χ0v) is 28.7. The van der Waals surface area contributed by atoms with Crippen LogP contribution in [0.15, 0.2) is 109 Å². The number of imide groups is 1. The minimum Gasteiger partial charge on any atom is -0.486 e. The van der Waals surface area contributed by atoms with Crippen LogP contribution < -0.4 is 19.7 Å². The molecule has 1 saturated heterocycles. The molecule has 266 valence electrons. The van der Waals surface area contributed by atoms with Gasteiger partial charge in [-0.2, -0.15) is 0 Å². The van der Waals surface area contributed by atoms with Gasteiger partial charge in [-0.1, -0.05) is 30.4 Å². The highest BCUT2D eigenvalue weighted by Crippen LogP contribution is 2.53. The maximum atomic E-state index is 13.1. The summed E-state index contributed by atoms with van der Waals surface area (Å²) in [7, 11) is 0. The second-order valence-electron chi connectivity index (χ2n) is 13.4. The van der Waals surface area contributed by atoms with Crippen molar-refractivity contribution in [2.75, 3.05) is 23.4 Å². The fraction of sp³-hybridized carbons (Fsp3) is 0.214. The van der Waals surface area contributed by atoms with Crippen molar-refractivity contribution in [3.63, 3.8) is 0 Å². The second kappa shape index (κ2) is 14.6. The lowest BCUT2D eigenvalue weighted by Gasteiger charge is -2.17. The van der Waals surface area contributed by atoms with Gasteiger partial charge in [0.15, 0.2) is 29.7 Å². The van der Waals surface area contributed by atoms with E-state index in [-0.39, 0.29) is 77.3 Å². The molecule has 0 radical (unpaired) electrons. The molecular formula is C42H34N2O9. The van der Waals surface area contributed by atoms with Crippen molar-refractivity contribution in [2.45, 2.75) is 19.8 Å². The predicted molar refractivity (Wildman–Crippen MR) is 193 cm³/mol. The molecular weight excluding hydrogens is 676 g/mol. The van der Waals surface area contributed by atoms with E-state index in [1.54, 1.807) is 72.8 Å². The van der Waals surface area contributed by atoms with Crippen molar-refractivity contribution >= 4 is 52.2 Å². The average Bonchev–Trinajstić information content (AvgIpc) is 3.87. The number of rotatable bonds is 14. The largest absolute Gasteiger partial charge is 0.486 e. The summed E-state index contributed by atoms with van der Waals surface area (Å²) < 4.78 is 11.0. The van der Waals surface area contributed by atoms with Gasteiger partial charge in [-0.3, -0.25) is 38.5 Å². The van der Waals surface area contributed by atoms with Gasteiger partial charge in [-0.15, -0.1) is 0 Å². The molecule has 1 saturated carbocycles. The standard InChI is InChI=1S/C42H34N2O9/c1-24(45)22-52-33-15-9-25(10-16-33)35(46)21-36(47)27-3-2-4-28(19-27)37(48)23-53-34-17-11-31(12-18-34)43-40(49)26-7-13-32(14-8-26)44-41(50)38-29-5-6-30(20-29)39(38)42(44)51/h2-19,29-30,38-39H,20-23H2,1H3,(H,43,49). The molecule has 4 aromatic carbocycles. The van der Waals surface area contributed by atoms with Crippen LogP contribution in [0.2, 0.25) is 0 Å². The van der Waals surface area contributed by atoms with Crippen molar-refractivity contribution in [3.05, 3.63) is 131 Å². The molecule has 3 amide bonds. The van der Waals surface area contributed by atoms with Gasteiger partial charge in [0.1, 0.15) is 18.1 Å². The molecule has 2 bridgehead atoms. The molecule has 2 aliphatic carbocycles. The number of ether oxygens (including phenoxy) is 2. The Morgan fingerprint density at radius 1 is 0.642 bits per heavy atom. The van der Waals surface area contributed by atoms with E-state index in [9.17, 15) is 33.6 Å². The number of ketones is 4. The number of carbonyl (C=O) groups is 7. The van der Waals surface area contributed by atoms with Gasteiger partial charge >= 0.3 is 0 Å². The lowest BCUT2D eigenvalue weighted by molar-refractivity contribution is -0.123. The normalized spacial score (nSPS) is 19.5. The van der Waals surface area contributed by atoms with E-state index >= 15 is 0 Å². The molecule has 0 aromatic heterocycles. The van der Waals surface area contributed by atoms with Crippen LogP contribution in [-0.4, -0.2) is 54.1 Å². The summed E-state index contributed by atoms with van der Waals surface area (Å²) in [5.74, 6) is -1.64. The van der Waals surface area contributed by atoms with Gasteiger partial charge in [0.2, 0.25) is 11.8 Å². The summed E-state index contributed by atoms with van der Waals surface area (Å²) in [5, 5.41) is 2.80. The molecule has 4 unspecified atom stereocenters. The number of anilines is 2. The molecule has 53 heavy (non-hydrogen) atoms. The fourth-order valence-corrected chi connectivity index (χ4v) is 7.13. The first kappa shape index (κ1) is 34.9. The van der Waals surface area contributed by atoms with Gasteiger partial charge in [0.05, 0.1) is 23.9 Å². The maximum absolute atomic E-state index is 13.1. The van der Waals surface area contributed by atoms with E-state index in [2.05, 4.69) is 5.32 Å². The zero-order valence-electron chi connectivity index (χ0n) is 28.7. The summed E-state index contributed by atoms with van der Waals surface area (Å²) >= 11 is 0. The SMILES string of the molecule is CC(=O)COc1ccc(C(=O)CC(=O)c2cccc(C(=O)COc3ccc(NC(=O)c4ccc(N5C(=O)C6C7C=CC(C7)C6C5=O)cc4)cc3)c2)cc1. The van der Waals surface area contributed by atoms with Crippen LogP contribution in [0.25, 0.3) is 0 Å². The van der Waals surface area contributed by atoms with Gasteiger partial charge < -0.3 is 14.8 Å². The third kappa shape index (κ3) is 7.32. The Labute approximate surface area is 304 Å². The topological polar surface area (TPSA) is 153 Å². The van der Waals surface area contributed by atoms with Crippen LogP contribution in [-0.2, 0) is 14.4 Å². The van der Waals surface area contributed by atoms with Crippen molar-refractivity contribution in [2.24, 2.45) is 23.7 Å². The van der Waals surface area contributed by atoms with Gasteiger partial charge in [-0.25, -0.2) is 0 Å². The van der Waals surface area contributed by atoms with E-state index in [1.165, 1.54) is 36.1 Å². The molecule has 11 heteroatoms. The number of hydrogen-bond acceptors (Lipinski definition) is 9. The molecule has 4 aromatic rings. The molecule has 1 N–H and O–H groups in total. The molecule has 2 fully saturated rings. The summed E-state index contributed by atoms with van der Waals surface area (Å²) in [5.41, 5.74) is 2.05. The van der Waals surface area contributed by atoms with Crippen LogP contribution >= 0.6 is 0 Å². The molecule has 3 aliphatic rings. The molecule has 1 aliphatic heterocycles. The minimum absolute atomic E-state index is 0.0775. The first-order valence-corrected chi connectivity index (χ1v) is 17.2. The van der Waals surface area contributed by atoms with Crippen LogP contribution in [0.3, 0.4) is 0 Å². The van der Waals surface area contributed by atoms with Crippen molar-refractivity contribution in [3.8, 4) is 11.5 Å². The van der Waals surface area contributed by atoms with Gasteiger partial charge in [-0.05, 0) is 104 Å².